The minimum absolute atomic E-state index is 0. The molecule has 0 aliphatic rings. The van der Waals surface area contributed by atoms with E-state index in [9.17, 15) is 0 Å². The number of hydrogen-bond acceptors (Lipinski definition) is 3. The van der Waals surface area contributed by atoms with E-state index in [1.807, 2.05) is 43.3 Å². The molecule has 110 valence electrons. The smallest absolute Gasteiger partial charge is 0.134 e. The van der Waals surface area contributed by atoms with Crippen LogP contribution in [0.1, 0.15) is 19.1 Å². The summed E-state index contributed by atoms with van der Waals surface area (Å²) in [5.74, 6) is 1.68. The molecule has 1 heterocycles. The number of aliphatic hydroxyl groups is 1. The number of hydrogen-bond donors (Lipinski definition) is 2. The fourth-order valence-electron chi connectivity index (χ4n) is 1.83. The van der Waals surface area contributed by atoms with Crippen LogP contribution < -0.4 is 17.7 Å². The van der Waals surface area contributed by atoms with E-state index in [1.54, 1.807) is 0 Å². The maximum absolute atomic E-state index is 9.11. The summed E-state index contributed by atoms with van der Waals surface area (Å²) in [7, 11) is 0. The van der Waals surface area contributed by atoms with Gasteiger partial charge in [0.05, 0.1) is 13.2 Å². The first-order valence-corrected chi connectivity index (χ1v) is 6.79. The number of rotatable bonds is 6. The highest BCUT2D eigenvalue weighted by atomic mass is 35.5. The van der Waals surface area contributed by atoms with Crippen LogP contribution in [0.5, 0.6) is 0 Å². The normalized spacial score (nSPS) is 11.9. The lowest BCUT2D eigenvalue weighted by Crippen LogP contribution is -3.00. The average Bonchev–Trinajstić information content (AvgIpc) is 2.89. The van der Waals surface area contributed by atoms with E-state index in [4.69, 9.17) is 21.1 Å². The van der Waals surface area contributed by atoms with E-state index in [0.29, 0.717) is 11.6 Å². The van der Waals surface area contributed by atoms with Gasteiger partial charge in [-0.15, -0.1) is 0 Å². The Bertz CT molecular complexity index is 507. The Morgan fingerprint density at radius 1 is 1.20 bits per heavy atom. The molecule has 1 aromatic heterocycles. The zero-order chi connectivity index (χ0) is 13.7. The third-order valence-corrected chi connectivity index (χ3v) is 3.32. The predicted octanol–water partition coefficient (Wildman–Crippen LogP) is 0.464. The lowest BCUT2D eigenvalue weighted by molar-refractivity contribution is -0.00000542. The Kier molecular flexibility index (Phi) is 7.10. The van der Waals surface area contributed by atoms with E-state index in [1.165, 1.54) is 0 Å². The maximum Gasteiger partial charge on any atom is 0.134 e. The lowest BCUT2D eigenvalue weighted by atomic mass is 10.2. The van der Waals surface area contributed by atoms with Crippen molar-refractivity contribution in [1.29, 1.82) is 0 Å². The third kappa shape index (κ3) is 4.53. The van der Waals surface area contributed by atoms with Crippen LogP contribution in [-0.4, -0.2) is 17.8 Å². The Labute approximate surface area is 130 Å². The van der Waals surface area contributed by atoms with Gasteiger partial charge in [-0.1, -0.05) is 18.5 Å². The predicted molar refractivity (Wildman–Crippen MR) is 77.2 cm³/mol. The SMILES string of the molecule is CCC(CO)NCc1ccc(-c2ccc(Cl)cc2)o1.[Cl-]. The van der Waals surface area contributed by atoms with Crippen LogP contribution in [0.3, 0.4) is 0 Å². The molecule has 0 amide bonds. The summed E-state index contributed by atoms with van der Waals surface area (Å²) in [4.78, 5) is 0. The maximum atomic E-state index is 9.11. The standard InChI is InChI=1S/C15H18ClNO2.ClH/c1-2-13(10-18)17-9-14-7-8-15(19-14)11-3-5-12(16)6-4-11;/h3-8,13,17-18H,2,9-10H2,1H3;1H/p-1. The lowest BCUT2D eigenvalue weighted by Gasteiger charge is -2.12. The summed E-state index contributed by atoms with van der Waals surface area (Å²) in [6.45, 7) is 2.79. The summed E-state index contributed by atoms with van der Waals surface area (Å²) in [6.07, 6.45) is 0.890. The molecular weight excluding hydrogens is 297 g/mol. The van der Waals surface area contributed by atoms with E-state index in [2.05, 4.69) is 5.32 Å². The molecule has 0 spiro atoms. The zero-order valence-corrected chi connectivity index (χ0v) is 12.8. The van der Waals surface area contributed by atoms with Crippen molar-refractivity contribution >= 4 is 11.6 Å². The largest absolute Gasteiger partial charge is 1.00 e. The van der Waals surface area contributed by atoms with Gasteiger partial charge in [-0.25, -0.2) is 0 Å². The molecule has 0 aliphatic carbocycles. The molecule has 2 N–H and O–H groups in total. The van der Waals surface area contributed by atoms with Crippen molar-refractivity contribution < 1.29 is 21.9 Å². The topological polar surface area (TPSA) is 45.4 Å². The van der Waals surface area contributed by atoms with E-state index in [0.717, 1.165) is 23.5 Å². The average molecular weight is 315 g/mol. The number of benzene rings is 1. The molecule has 3 nitrogen and oxygen atoms in total. The first-order chi connectivity index (χ1) is 9.22. The summed E-state index contributed by atoms with van der Waals surface area (Å²) in [5.41, 5.74) is 1.00. The molecule has 1 atom stereocenters. The molecular formula is C15H18Cl2NO2-. The van der Waals surface area contributed by atoms with Crippen LogP contribution in [0.15, 0.2) is 40.8 Å². The molecule has 0 fully saturated rings. The molecule has 0 saturated carbocycles. The molecule has 0 radical (unpaired) electrons. The highest BCUT2D eigenvalue weighted by Crippen LogP contribution is 2.23. The molecule has 1 unspecified atom stereocenters. The van der Waals surface area contributed by atoms with Crippen LogP contribution in [-0.2, 0) is 6.54 Å². The molecule has 2 rings (SSSR count). The first-order valence-electron chi connectivity index (χ1n) is 6.41. The van der Waals surface area contributed by atoms with Crippen molar-refractivity contribution in [2.24, 2.45) is 0 Å². The van der Waals surface area contributed by atoms with Crippen molar-refractivity contribution in [3.8, 4) is 11.3 Å². The number of furan rings is 1. The zero-order valence-electron chi connectivity index (χ0n) is 11.3. The van der Waals surface area contributed by atoms with Crippen molar-refractivity contribution in [1.82, 2.24) is 5.32 Å². The van der Waals surface area contributed by atoms with Gasteiger partial charge in [-0.2, -0.15) is 0 Å². The van der Waals surface area contributed by atoms with Gasteiger partial charge in [-0.05, 0) is 42.8 Å². The molecule has 2 aromatic rings. The second-order valence-electron chi connectivity index (χ2n) is 4.44. The van der Waals surface area contributed by atoms with Crippen LogP contribution in [0.2, 0.25) is 5.02 Å². The molecule has 0 bridgehead atoms. The fraction of sp³-hybridized carbons (Fsp3) is 0.333. The van der Waals surface area contributed by atoms with Gasteiger partial charge in [0.2, 0.25) is 0 Å². The second-order valence-corrected chi connectivity index (χ2v) is 4.88. The van der Waals surface area contributed by atoms with Gasteiger partial charge in [0, 0.05) is 16.6 Å². The Morgan fingerprint density at radius 3 is 2.50 bits per heavy atom. The molecule has 1 aromatic carbocycles. The van der Waals surface area contributed by atoms with Gasteiger partial charge in [0.15, 0.2) is 0 Å². The van der Waals surface area contributed by atoms with Crippen LogP contribution >= 0.6 is 11.6 Å². The highest BCUT2D eigenvalue weighted by Gasteiger charge is 2.07. The second kappa shape index (κ2) is 8.32. The van der Waals surface area contributed by atoms with Gasteiger partial charge >= 0.3 is 0 Å². The quantitative estimate of drug-likeness (QED) is 0.814. The summed E-state index contributed by atoms with van der Waals surface area (Å²) in [6, 6.07) is 11.6. The Balaban J connectivity index is 0.00000200. The van der Waals surface area contributed by atoms with E-state index < -0.39 is 0 Å². The van der Waals surface area contributed by atoms with Crippen LogP contribution in [0.25, 0.3) is 11.3 Å². The minimum Gasteiger partial charge on any atom is -1.00 e. The van der Waals surface area contributed by atoms with Gasteiger partial charge in [0.1, 0.15) is 11.5 Å². The van der Waals surface area contributed by atoms with Crippen molar-refractivity contribution in [3.63, 3.8) is 0 Å². The fourth-order valence-corrected chi connectivity index (χ4v) is 1.95. The van der Waals surface area contributed by atoms with Gasteiger partial charge < -0.3 is 27.2 Å². The Morgan fingerprint density at radius 2 is 1.90 bits per heavy atom. The summed E-state index contributed by atoms with van der Waals surface area (Å²) < 4.78 is 5.76. The van der Waals surface area contributed by atoms with Crippen molar-refractivity contribution in [2.75, 3.05) is 6.61 Å². The molecule has 0 aliphatic heterocycles. The Hall–Kier alpha value is -1.00. The van der Waals surface area contributed by atoms with Crippen LogP contribution in [0, 0.1) is 0 Å². The third-order valence-electron chi connectivity index (χ3n) is 3.07. The van der Waals surface area contributed by atoms with Crippen molar-refractivity contribution in [3.05, 3.63) is 47.2 Å². The highest BCUT2D eigenvalue weighted by molar-refractivity contribution is 6.30. The monoisotopic (exact) mass is 314 g/mol. The number of nitrogens with one attached hydrogen (secondary N) is 1. The molecule has 5 heteroatoms. The van der Waals surface area contributed by atoms with E-state index in [-0.39, 0.29) is 25.1 Å². The van der Waals surface area contributed by atoms with E-state index >= 15 is 0 Å². The van der Waals surface area contributed by atoms with Gasteiger partial charge in [0.25, 0.3) is 0 Å². The summed E-state index contributed by atoms with van der Waals surface area (Å²) >= 11 is 5.86. The molecule has 20 heavy (non-hydrogen) atoms. The number of halogens is 2. The van der Waals surface area contributed by atoms with Gasteiger partial charge in [-0.3, -0.25) is 0 Å². The number of aliphatic hydroxyl groups excluding tert-OH is 1. The summed E-state index contributed by atoms with van der Waals surface area (Å²) in [5, 5.41) is 13.1. The molecule has 0 saturated heterocycles. The first kappa shape index (κ1) is 17.1. The minimum atomic E-state index is 0. The van der Waals surface area contributed by atoms with Crippen LogP contribution in [0.4, 0.5) is 0 Å². The van der Waals surface area contributed by atoms with Crippen molar-refractivity contribution in [2.45, 2.75) is 25.9 Å².